The Balaban J connectivity index is 3.05. The highest BCUT2D eigenvalue weighted by atomic mass is 14.6. The minimum absolute atomic E-state index is 0.395. The monoisotopic (exact) mass is 238 g/mol. The molecule has 0 nitrogen and oxygen atoms in total. The lowest BCUT2D eigenvalue weighted by atomic mass is 9.55. The Hall–Kier alpha value is 0. The zero-order valence-electron chi connectivity index (χ0n) is 13.6. The SMILES string of the molecule is CC1CC(C(C)(C(C)C)C(C)(C)C)CC1(C)C. The van der Waals surface area contributed by atoms with Crippen molar-refractivity contribution in [1.29, 1.82) is 0 Å². The molecule has 0 spiro atoms. The molecule has 1 saturated carbocycles. The van der Waals surface area contributed by atoms with Gasteiger partial charge in [-0.15, -0.1) is 0 Å². The van der Waals surface area contributed by atoms with Crippen molar-refractivity contribution in [3.05, 3.63) is 0 Å². The van der Waals surface area contributed by atoms with Gasteiger partial charge in [0.25, 0.3) is 0 Å². The van der Waals surface area contributed by atoms with Crippen LogP contribution in [0.2, 0.25) is 0 Å². The standard InChI is InChI=1S/C17H34/c1-12(2)17(9,15(4,5)6)14-10-13(3)16(7,8)11-14/h12-14H,10-11H2,1-9H3. The second-order valence-corrected chi connectivity index (χ2v) is 8.71. The third-order valence-corrected chi connectivity index (χ3v) is 6.41. The van der Waals surface area contributed by atoms with Crippen molar-refractivity contribution < 1.29 is 0 Å². The second-order valence-electron chi connectivity index (χ2n) is 8.71. The summed E-state index contributed by atoms with van der Waals surface area (Å²) < 4.78 is 0. The van der Waals surface area contributed by atoms with Gasteiger partial charge in [-0.25, -0.2) is 0 Å². The number of hydrogen-bond donors (Lipinski definition) is 0. The van der Waals surface area contributed by atoms with Crippen molar-refractivity contribution in [2.24, 2.45) is 34.0 Å². The smallest absolute Gasteiger partial charge is 0.0226 e. The molecule has 3 unspecified atom stereocenters. The fourth-order valence-electron chi connectivity index (χ4n) is 4.07. The summed E-state index contributed by atoms with van der Waals surface area (Å²) >= 11 is 0. The lowest BCUT2D eigenvalue weighted by Gasteiger charge is -2.50. The van der Waals surface area contributed by atoms with Crippen molar-refractivity contribution in [2.75, 3.05) is 0 Å². The third kappa shape index (κ3) is 2.42. The van der Waals surface area contributed by atoms with Gasteiger partial charge in [-0.05, 0) is 46.8 Å². The fraction of sp³-hybridized carbons (Fsp3) is 1.00. The Morgan fingerprint density at radius 2 is 1.53 bits per heavy atom. The minimum atomic E-state index is 0.395. The topological polar surface area (TPSA) is 0 Å². The maximum Gasteiger partial charge on any atom is -0.0226 e. The average Bonchev–Trinajstić information content (AvgIpc) is 2.37. The van der Waals surface area contributed by atoms with E-state index in [4.69, 9.17) is 0 Å². The Morgan fingerprint density at radius 3 is 1.76 bits per heavy atom. The summed E-state index contributed by atoms with van der Waals surface area (Å²) in [5, 5.41) is 0. The summed E-state index contributed by atoms with van der Waals surface area (Å²) in [5.41, 5.74) is 1.38. The molecule has 17 heavy (non-hydrogen) atoms. The Kier molecular flexibility index (Phi) is 3.79. The van der Waals surface area contributed by atoms with Crippen molar-refractivity contribution in [1.82, 2.24) is 0 Å². The van der Waals surface area contributed by atoms with Crippen LogP contribution in [0.25, 0.3) is 0 Å². The Bertz CT molecular complexity index is 266. The van der Waals surface area contributed by atoms with Gasteiger partial charge in [0.2, 0.25) is 0 Å². The van der Waals surface area contributed by atoms with Crippen LogP contribution in [0.15, 0.2) is 0 Å². The van der Waals surface area contributed by atoms with Crippen LogP contribution >= 0.6 is 0 Å². The second kappa shape index (κ2) is 4.28. The van der Waals surface area contributed by atoms with Gasteiger partial charge >= 0.3 is 0 Å². The molecular formula is C17H34. The Morgan fingerprint density at radius 1 is 1.06 bits per heavy atom. The molecule has 0 N–H and O–H groups in total. The first-order valence-corrected chi connectivity index (χ1v) is 7.43. The van der Waals surface area contributed by atoms with E-state index >= 15 is 0 Å². The van der Waals surface area contributed by atoms with Crippen LogP contribution in [-0.4, -0.2) is 0 Å². The van der Waals surface area contributed by atoms with Gasteiger partial charge in [0, 0.05) is 0 Å². The van der Waals surface area contributed by atoms with Gasteiger partial charge in [0.1, 0.15) is 0 Å². The molecule has 0 amide bonds. The molecule has 1 rings (SSSR count). The van der Waals surface area contributed by atoms with E-state index in [1.165, 1.54) is 12.8 Å². The summed E-state index contributed by atoms with van der Waals surface area (Å²) in [7, 11) is 0. The number of hydrogen-bond acceptors (Lipinski definition) is 0. The summed E-state index contributed by atoms with van der Waals surface area (Å²) in [4.78, 5) is 0. The zero-order chi connectivity index (χ0) is 13.6. The first-order chi connectivity index (χ1) is 7.43. The predicted octanol–water partition coefficient (Wildman–Crippen LogP) is 5.77. The highest BCUT2D eigenvalue weighted by Crippen LogP contribution is 2.60. The van der Waals surface area contributed by atoms with Gasteiger partial charge in [0.15, 0.2) is 0 Å². The molecule has 1 aliphatic rings. The van der Waals surface area contributed by atoms with Crippen LogP contribution in [0.3, 0.4) is 0 Å². The van der Waals surface area contributed by atoms with Crippen LogP contribution in [0.1, 0.15) is 75.2 Å². The highest BCUT2D eigenvalue weighted by Gasteiger charge is 2.51. The van der Waals surface area contributed by atoms with E-state index in [0.717, 1.165) is 17.8 Å². The molecule has 0 heteroatoms. The maximum absolute atomic E-state index is 2.54. The normalized spacial score (nSPS) is 32.8. The summed E-state index contributed by atoms with van der Waals surface area (Å²) in [6, 6.07) is 0. The van der Waals surface area contributed by atoms with Crippen molar-refractivity contribution >= 4 is 0 Å². The van der Waals surface area contributed by atoms with Gasteiger partial charge in [-0.1, -0.05) is 62.3 Å². The molecule has 1 fully saturated rings. The van der Waals surface area contributed by atoms with E-state index < -0.39 is 0 Å². The molecule has 1 aliphatic carbocycles. The first kappa shape index (κ1) is 15.1. The van der Waals surface area contributed by atoms with Crippen molar-refractivity contribution in [3.8, 4) is 0 Å². The molecule has 0 aromatic carbocycles. The molecule has 0 radical (unpaired) electrons. The quantitative estimate of drug-likeness (QED) is 0.573. The van der Waals surface area contributed by atoms with Gasteiger partial charge < -0.3 is 0 Å². The maximum atomic E-state index is 2.54. The summed E-state index contributed by atoms with van der Waals surface area (Å²) in [5.74, 6) is 2.51. The van der Waals surface area contributed by atoms with E-state index in [0.29, 0.717) is 16.2 Å². The van der Waals surface area contributed by atoms with Crippen LogP contribution in [0.5, 0.6) is 0 Å². The van der Waals surface area contributed by atoms with Crippen molar-refractivity contribution in [2.45, 2.75) is 75.2 Å². The molecule has 0 aromatic rings. The lowest BCUT2D eigenvalue weighted by Crippen LogP contribution is -2.43. The zero-order valence-corrected chi connectivity index (χ0v) is 13.6. The predicted molar refractivity (Wildman–Crippen MR) is 78.1 cm³/mol. The molecule has 0 aliphatic heterocycles. The molecule has 3 atom stereocenters. The lowest BCUT2D eigenvalue weighted by molar-refractivity contribution is -0.0157. The van der Waals surface area contributed by atoms with Crippen LogP contribution < -0.4 is 0 Å². The highest BCUT2D eigenvalue weighted by molar-refractivity contribution is 5.01. The molecule has 0 bridgehead atoms. The molecular weight excluding hydrogens is 204 g/mol. The van der Waals surface area contributed by atoms with Gasteiger partial charge in [-0.3, -0.25) is 0 Å². The fourth-order valence-corrected chi connectivity index (χ4v) is 4.07. The van der Waals surface area contributed by atoms with Gasteiger partial charge in [-0.2, -0.15) is 0 Å². The Labute approximate surface area is 110 Å². The van der Waals surface area contributed by atoms with E-state index in [2.05, 4.69) is 62.3 Å². The number of rotatable bonds is 2. The summed E-state index contributed by atoms with van der Waals surface area (Å²) in [6.07, 6.45) is 2.82. The van der Waals surface area contributed by atoms with Crippen molar-refractivity contribution in [3.63, 3.8) is 0 Å². The molecule has 0 saturated heterocycles. The summed E-state index contributed by atoms with van der Waals surface area (Å²) in [6.45, 7) is 22.0. The largest absolute Gasteiger partial charge is 0.0622 e. The molecule has 0 heterocycles. The van der Waals surface area contributed by atoms with Crippen LogP contribution in [0, 0.1) is 34.0 Å². The van der Waals surface area contributed by atoms with E-state index in [9.17, 15) is 0 Å². The van der Waals surface area contributed by atoms with Crippen LogP contribution in [0.4, 0.5) is 0 Å². The van der Waals surface area contributed by atoms with E-state index in [1.807, 2.05) is 0 Å². The molecule has 102 valence electrons. The average molecular weight is 238 g/mol. The van der Waals surface area contributed by atoms with E-state index in [1.54, 1.807) is 0 Å². The first-order valence-electron chi connectivity index (χ1n) is 7.43. The van der Waals surface area contributed by atoms with Crippen LogP contribution in [-0.2, 0) is 0 Å². The van der Waals surface area contributed by atoms with Gasteiger partial charge in [0.05, 0.1) is 0 Å². The molecule has 0 aromatic heterocycles. The third-order valence-electron chi connectivity index (χ3n) is 6.41. The minimum Gasteiger partial charge on any atom is -0.0622 e. The van der Waals surface area contributed by atoms with E-state index in [-0.39, 0.29) is 0 Å².